The van der Waals surface area contributed by atoms with Gasteiger partial charge < -0.3 is 9.47 Å². The normalized spacial score (nSPS) is 10.0. The van der Waals surface area contributed by atoms with E-state index in [4.69, 9.17) is 9.47 Å². The third-order valence-corrected chi connectivity index (χ3v) is 2.37. The molecular formula is C15H16O2. The van der Waals surface area contributed by atoms with Gasteiger partial charge in [-0.15, -0.1) is 0 Å². The summed E-state index contributed by atoms with van der Waals surface area (Å²) in [6, 6.07) is 15.7. The molecule has 0 amide bonds. The number of para-hydroxylation sites is 1. The van der Waals surface area contributed by atoms with Crippen LogP contribution in [0.3, 0.4) is 0 Å². The number of ether oxygens (including phenoxy) is 2. The van der Waals surface area contributed by atoms with Crippen LogP contribution in [0.1, 0.15) is 12.5 Å². The van der Waals surface area contributed by atoms with Crippen LogP contribution in [0.4, 0.5) is 0 Å². The molecule has 0 N–H and O–H groups in total. The van der Waals surface area contributed by atoms with E-state index in [0.29, 0.717) is 6.61 Å². The maximum Gasteiger partial charge on any atom is 0.169 e. The third kappa shape index (κ3) is 3.00. The van der Waals surface area contributed by atoms with Gasteiger partial charge in [-0.2, -0.15) is 0 Å². The van der Waals surface area contributed by atoms with Crippen LogP contribution in [0.2, 0.25) is 0 Å². The summed E-state index contributed by atoms with van der Waals surface area (Å²) in [4.78, 5) is 0. The van der Waals surface area contributed by atoms with Gasteiger partial charge in [0.05, 0.1) is 6.61 Å². The molecule has 0 aromatic heterocycles. The lowest BCUT2D eigenvalue weighted by molar-refractivity contribution is 0.321. The molecule has 0 radical (unpaired) electrons. The maximum absolute atomic E-state index is 5.82. The first-order chi connectivity index (χ1) is 8.29. The summed E-state index contributed by atoms with van der Waals surface area (Å²) < 4.78 is 11.4. The number of aryl methyl sites for hydroxylation is 1. The molecule has 0 spiro atoms. The minimum absolute atomic E-state index is 0.633. The van der Waals surface area contributed by atoms with Gasteiger partial charge in [0.25, 0.3) is 0 Å². The Balaban J connectivity index is 2.27. The summed E-state index contributed by atoms with van der Waals surface area (Å²) in [5.41, 5.74) is 1.15. The quantitative estimate of drug-likeness (QED) is 0.781. The average molecular weight is 228 g/mol. The highest BCUT2D eigenvalue weighted by molar-refractivity contribution is 5.45. The van der Waals surface area contributed by atoms with Crippen molar-refractivity contribution in [3.05, 3.63) is 54.1 Å². The lowest BCUT2D eigenvalue weighted by Gasteiger charge is -2.12. The first kappa shape index (κ1) is 11.5. The van der Waals surface area contributed by atoms with Gasteiger partial charge in [0.2, 0.25) is 0 Å². The third-order valence-electron chi connectivity index (χ3n) is 2.37. The maximum atomic E-state index is 5.82. The monoisotopic (exact) mass is 228 g/mol. The van der Waals surface area contributed by atoms with Crippen molar-refractivity contribution < 1.29 is 9.47 Å². The van der Waals surface area contributed by atoms with Gasteiger partial charge in [-0.1, -0.05) is 24.3 Å². The highest BCUT2D eigenvalue weighted by Gasteiger charge is 2.05. The van der Waals surface area contributed by atoms with Crippen LogP contribution in [0.25, 0.3) is 0 Å². The first-order valence-corrected chi connectivity index (χ1v) is 5.76. The predicted molar refractivity (Wildman–Crippen MR) is 68.9 cm³/mol. The molecule has 0 saturated carbocycles. The SMILES string of the molecule is CCOc1ccc(C)cc1Oc1ccccc1. The molecule has 0 atom stereocenters. The Morgan fingerprint density at radius 3 is 2.41 bits per heavy atom. The summed E-state index contributed by atoms with van der Waals surface area (Å²) in [5, 5.41) is 0. The molecule has 0 heterocycles. The van der Waals surface area contributed by atoms with E-state index in [1.807, 2.05) is 62.4 Å². The van der Waals surface area contributed by atoms with Crippen molar-refractivity contribution in [3.63, 3.8) is 0 Å². The molecular weight excluding hydrogens is 212 g/mol. The van der Waals surface area contributed by atoms with E-state index >= 15 is 0 Å². The van der Waals surface area contributed by atoms with Gasteiger partial charge in [0.1, 0.15) is 5.75 Å². The molecule has 2 heteroatoms. The van der Waals surface area contributed by atoms with Crippen LogP contribution in [-0.2, 0) is 0 Å². The van der Waals surface area contributed by atoms with Gasteiger partial charge in [-0.3, -0.25) is 0 Å². The van der Waals surface area contributed by atoms with E-state index in [-0.39, 0.29) is 0 Å². The van der Waals surface area contributed by atoms with Crippen LogP contribution < -0.4 is 9.47 Å². The Hall–Kier alpha value is -1.96. The van der Waals surface area contributed by atoms with Crippen LogP contribution in [0.5, 0.6) is 17.2 Å². The summed E-state index contributed by atoms with van der Waals surface area (Å²) in [6.45, 7) is 4.63. The van der Waals surface area contributed by atoms with Crippen LogP contribution >= 0.6 is 0 Å². The number of hydrogen-bond donors (Lipinski definition) is 0. The van der Waals surface area contributed by atoms with Crippen molar-refractivity contribution in [2.45, 2.75) is 13.8 Å². The molecule has 0 saturated heterocycles. The average Bonchev–Trinajstić information content (AvgIpc) is 2.34. The largest absolute Gasteiger partial charge is 0.490 e. The summed E-state index contributed by atoms with van der Waals surface area (Å²) in [6.07, 6.45) is 0. The molecule has 2 aromatic carbocycles. The molecule has 17 heavy (non-hydrogen) atoms. The van der Waals surface area contributed by atoms with Gasteiger partial charge in [-0.25, -0.2) is 0 Å². The van der Waals surface area contributed by atoms with Crippen LogP contribution in [-0.4, -0.2) is 6.61 Å². The smallest absolute Gasteiger partial charge is 0.169 e. The molecule has 0 aliphatic rings. The van der Waals surface area contributed by atoms with Crippen LogP contribution in [0.15, 0.2) is 48.5 Å². The Morgan fingerprint density at radius 1 is 0.941 bits per heavy atom. The lowest BCUT2D eigenvalue weighted by atomic mass is 10.2. The minimum Gasteiger partial charge on any atom is -0.490 e. The molecule has 0 aliphatic heterocycles. The zero-order chi connectivity index (χ0) is 12.1. The minimum atomic E-state index is 0.633. The second kappa shape index (κ2) is 5.39. The number of rotatable bonds is 4. The molecule has 2 rings (SSSR count). The summed E-state index contributed by atoms with van der Waals surface area (Å²) in [5.74, 6) is 2.36. The zero-order valence-electron chi connectivity index (χ0n) is 10.1. The van der Waals surface area contributed by atoms with Crippen LogP contribution in [0, 0.1) is 6.92 Å². The van der Waals surface area contributed by atoms with Gasteiger partial charge in [-0.05, 0) is 43.7 Å². The van der Waals surface area contributed by atoms with Gasteiger partial charge in [0, 0.05) is 0 Å². The second-order valence-corrected chi connectivity index (χ2v) is 3.80. The van der Waals surface area contributed by atoms with E-state index < -0.39 is 0 Å². The molecule has 0 bridgehead atoms. The fourth-order valence-corrected chi connectivity index (χ4v) is 1.59. The predicted octanol–water partition coefficient (Wildman–Crippen LogP) is 4.19. The molecule has 0 fully saturated rings. The van der Waals surface area contributed by atoms with Gasteiger partial charge in [0.15, 0.2) is 11.5 Å². The fraction of sp³-hybridized carbons (Fsp3) is 0.200. The fourth-order valence-electron chi connectivity index (χ4n) is 1.59. The van der Waals surface area contributed by atoms with E-state index in [1.165, 1.54) is 0 Å². The van der Waals surface area contributed by atoms with Crippen molar-refractivity contribution >= 4 is 0 Å². The Morgan fingerprint density at radius 2 is 1.71 bits per heavy atom. The summed E-state index contributed by atoms with van der Waals surface area (Å²) in [7, 11) is 0. The van der Waals surface area contributed by atoms with E-state index in [9.17, 15) is 0 Å². The highest BCUT2D eigenvalue weighted by Crippen LogP contribution is 2.32. The molecule has 2 nitrogen and oxygen atoms in total. The lowest BCUT2D eigenvalue weighted by Crippen LogP contribution is -1.95. The van der Waals surface area contributed by atoms with E-state index in [2.05, 4.69) is 0 Å². The molecule has 0 aliphatic carbocycles. The molecule has 2 aromatic rings. The van der Waals surface area contributed by atoms with Crippen molar-refractivity contribution in [1.29, 1.82) is 0 Å². The number of hydrogen-bond acceptors (Lipinski definition) is 2. The highest BCUT2D eigenvalue weighted by atomic mass is 16.5. The second-order valence-electron chi connectivity index (χ2n) is 3.80. The zero-order valence-corrected chi connectivity index (χ0v) is 10.1. The van der Waals surface area contributed by atoms with E-state index in [1.54, 1.807) is 0 Å². The Bertz CT molecular complexity index is 478. The van der Waals surface area contributed by atoms with Crippen molar-refractivity contribution in [2.75, 3.05) is 6.61 Å². The van der Waals surface area contributed by atoms with Gasteiger partial charge >= 0.3 is 0 Å². The standard InChI is InChI=1S/C15H16O2/c1-3-16-14-10-9-12(2)11-15(14)17-13-7-5-4-6-8-13/h4-11H,3H2,1-2H3. The first-order valence-electron chi connectivity index (χ1n) is 5.76. The van der Waals surface area contributed by atoms with Crippen molar-refractivity contribution in [1.82, 2.24) is 0 Å². The summed E-state index contributed by atoms with van der Waals surface area (Å²) >= 11 is 0. The Labute approximate surface area is 102 Å². The van der Waals surface area contributed by atoms with Crippen molar-refractivity contribution in [2.24, 2.45) is 0 Å². The van der Waals surface area contributed by atoms with E-state index in [0.717, 1.165) is 22.8 Å². The van der Waals surface area contributed by atoms with Crippen molar-refractivity contribution in [3.8, 4) is 17.2 Å². The topological polar surface area (TPSA) is 18.5 Å². The molecule has 0 unspecified atom stereocenters. The Kier molecular flexibility index (Phi) is 3.66. The molecule has 88 valence electrons. The number of benzene rings is 2.